The van der Waals surface area contributed by atoms with Crippen LogP contribution < -0.4 is 0 Å². The molecule has 3 aliphatic rings. The summed E-state index contributed by atoms with van der Waals surface area (Å²) in [6.45, 7) is 3.86. The molecule has 2 unspecified atom stereocenters. The molecule has 2 bridgehead atoms. The molecular formula is C33H32N6O. The lowest BCUT2D eigenvalue weighted by molar-refractivity contribution is -0.148. The highest BCUT2D eigenvalue weighted by Gasteiger charge is 2.45. The minimum atomic E-state index is 0.637. The number of H-pyrrole nitrogens is 1. The van der Waals surface area contributed by atoms with Crippen molar-refractivity contribution in [1.82, 2.24) is 29.8 Å². The lowest BCUT2D eigenvalue weighted by atomic mass is 9.87. The number of hydrogen-bond acceptors (Lipinski definition) is 6. The number of hydrogen-bond donors (Lipinski definition) is 1. The summed E-state index contributed by atoms with van der Waals surface area (Å²) in [5, 5.41) is 1.07. The van der Waals surface area contributed by atoms with E-state index in [4.69, 9.17) is 9.72 Å². The SMILES string of the molecule is Cc1cccnc1-c1ncc(-c2c[nH]c3ncc(-c4ccc5c(c4)CC[C@@H](N4C6COCC4C6)CC5)cc23)cn1. The van der Waals surface area contributed by atoms with Gasteiger partial charge in [-0.1, -0.05) is 24.3 Å². The Morgan fingerprint density at radius 1 is 0.825 bits per heavy atom. The van der Waals surface area contributed by atoms with Crippen LogP contribution in [0.15, 0.2) is 67.4 Å². The van der Waals surface area contributed by atoms with Crippen LogP contribution in [0.25, 0.3) is 44.8 Å². The topological polar surface area (TPSA) is 79.8 Å². The lowest BCUT2D eigenvalue weighted by Gasteiger charge is -2.56. The Kier molecular flexibility index (Phi) is 5.74. The van der Waals surface area contributed by atoms with Gasteiger partial charge in [-0.05, 0) is 73.4 Å². The van der Waals surface area contributed by atoms with Crippen LogP contribution in [-0.2, 0) is 17.6 Å². The highest BCUT2D eigenvalue weighted by Crippen LogP contribution is 2.38. The van der Waals surface area contributed by atoms with Gasteiger partial charge in [0.05, 0.1) is 13.2 Å². The molecule has 0 amide bonds. The van der Waals surface area contributed by atoms with Gasteiger partial charge in [-0.15, -0.1) is 0 Å². The third kappa shape index (κ3) is 4.03. The fourth-order valence-corrected chi connectivity index (χ4v) is 7.04. The molecule has 1 aromatic carbocycles. The van der Waals surface area contributed by atoms with Crippen molar-refractivity contribution in [1.29, 1.82) is 0 Å². The van der Waals surface area contributed by atoms with Crippen LogP contribution in [0.4, 0.5) is 0 Å². The van der Waals surface area contributed by atoms with Gasteiger partial charge >= 0.3 is 0 Å². The first-order chi connectivity index (χ1) is 19.7. The van der Waals surface area contributed by atoms with Gasteiger partial charge in [0, 0.05) is 71.2 Å². The summed E-state index contributed by atoms with van der Waals surface area (Å²) < 4.78 is 5.74. The quantitative estimate of drug-likeness (QED) is 0.298. The fraction of sp³-hybridized carbons (Fsp3) is 0.333. The molecule has 7 heteroatoms. The zero-order valence-electron chi connectivity index (χ0n) is 22.7. The number of nitrogens with one attached hydrogen (secondary N) is 1. The Hall–Kier alpha value is -3.94. The summed E-state index contributed by atoms with van der Waals surface area (Å²) >= 11 is 0. The Bertz CT molecular complexity index is 1700. The van der Waals surface area contributed by atoms with Gasteiger partial charge in [-0.25, -0.2) is 15.0 Å². The number of benzene rings is 1. The Labute approximate surface area is 233 Å². The average Bonchev–Trinajstić information content (AvgIpc) is 3.32. The van der Waals surface area contributed by atoms with Crippen molar-refractivity contribution in [2.24, 2.45) is 0 Å². The molecule has 0 spiro atoms. The largest absolute Gasteiger partial charge is 0.378 e. The van der Waals surface area contributed by atoms with Gasteiger partial charge in [-0.2, -0.15) is 0 Å². The van der Waals surface area contributed by atoms with Gasteiger partial charge in [0.2, 0.25) is 0 Å². The molecular weight excluding hydrogens is 496 g/mol. The van der Waals surface area contributed by atoms with Crippen LogP contribution in [0.1, 0.15) is 36.0 Å². The summed E-state index contributed by atoms with van der Waals surface area (Å²) in [6, 6.07) is 15.2. The second kappa shape index (κ2) is 9.61. The minimum Gasteiger partial charge on any atom is -0.378 e. The van der Waals surface area contributed by atoms with E-state index in [1.807, 2.05) is 43.8 Å². The first-order valence-corrected chi connectivity index (χ1v) is 14.4. The second-order valence-corrected chi connectivity index (χ2v) is 11.5. The van der Waals surface area contributed by atoms with E-state index in [9.17, 15) is 0 Å². The fourth-order valence-electron chi connectivity index (χ4n) is 7.04. The summed E-state index contributed by atoms with van der Waals surface area (Å²) in [5.41, 5.74) is 10.1. The molecule has 5 aromatic rings. The zero-order valence-corrected chi connectivity index (χ0v) is 22.7. The van der Waals surface area contributed by atoms with E-state index in [-0.39, 0.29) is 0 Å². The van der Waals surface area contributed by atoms with E-state index in [1.54, 1.807) is 6.20 Å². The number of rotatable bonds is 4. The molecule has 8 rings (SSSR count). The van der Waals surface area contributed by atoms with Crippen LogP contribution in [0.5, 0.6) is 0 Å². The lowest BCUT2D eigenvalue weighted by Crippen LogP contribution is -2.66. The average molecular weight is 529 g/mol. The summed E-state index contributed by atoms with van der Waals surface area (Å²) in [7, 11) is 0. The number of ether oxygens (including phenoxy) is 1. The molecule has 7 nitrogen and oxygen atoms in total. The number of morpholine rings is 1. The number of aryl methyl sites for hydroxylation is 3. The van der Waals surface area contributed by atoms with Crippen molar-refractivity contribution in [3.63, 3.8) is 0 Å². The van der Waals surface area contributed by atoms with Crippen molar-refractivity contribution in [3.8, 4) is 33.8 Å². The monoisotopic (exact) mass is 528 g/mol. The number of nitrogens with zero attached hydrogens (tertiary/aromatic N) is 5. The number of fused-ring (bicyclic) bond motifs is 4. The molecule has 4 aromatic heterocycles. The molecule has 2 fully saturated rings. The number of aromatic nitrogens is 5. The molecule has 0 radical (unpaired) electrons. The van der Waals surface area contributed by atoms with E-state index in [1.165, 1.54) is 36.0 Å². The summed E-state index contributed by atoms with van der Waals surface area (Å²) in [4.78, 5) is 24.6. The van der Waals surface area contributed by atoms with Crippen LogP contribution in [0.2, 0.25) is 0 Å². The van der Waals surface area contributed by atoms with Crippen LogP contribution in [0, 0.1) is 6.92 Å². The van der Waals surface area contributed by atoms with E-state index < -0.39 is 0 Å². The Balaban J connectivity index is 1.06. The van der Waals surface area contributed by atoms with Gasteiger partial charge in [0.1, 0.15) is 11.3 Å². The Morgan fingerprint density at radius 3 is 2.42 bits per heavy atom. The van der Waals surface area contributed by atoms with Crippen LogP contribution in [-0.4, -0.2) is 61.2 Å². The number of pyridine rings is 2. The van der Waals surface area contributed by atoms with Crippen molar-refractivity contribution in [2.75, 3.05) is 13.2 Å². The van der Waals surface area contributed by atoms with E-state index in [0.717, 1.165) is 65.0 Å². The molecule has 2 saturated heterocycles. The summed E-state index contributed by atoms with van der Waals surface area (Å²) in [5.74, 6) is 0.637. The van der Waals surface area contributed by atoms with Gasteiger partial charge < -0.3 is 9.72 Å². The maximum atomic E-state index is 5.74. The molecule has 40 heavy (non-hydrogen) atoms. The van der Waals surface area contributed by atoms with Crippen molar-refractivity contribution in [2.45, 2.75) is 57.2 Å². The van der Waals surface area contributed by atoms with Crippen molar-refractivity contribution >= 4 is 11.0 Å². The molecule has 6 heterocycles. The van der Waals surface area contributed by atoms with E-state index in [0.29, 0.717) is 23.9 Å². The molecule has 2 aliphatic heterocycles. The highest BCUT2D eigenvalue weighted by molar-refractivity contribution is 5.95. The molecule has 1 aliphatic carbocycles. The molecule has 1 N–H and O–H groups in total. The normalized spacial score (nSPS) is 22.5. The third-order valence-electron chi connectivity index (χ3n) is 9.18. The van der Waals surface area contributed by atoms with Crippen molar-refractivity contribution in [3.05, 3.63) is 84.1 Å². The molecule has 200 valence electrons. The van der Waals surface area contributed by atoms with Crippen LogP contribution >= 0.6 is 0 Å². The smallest absolute Gasteiger partial charge is 0.178 e. The summed E-state index contributed by atoms with van der Waals surface area (Å²) in [6.07, 6.45) is 15.6. The van der Waals surface area contributed by atoms with Gasteiger partial charge in [-0.3, -0.25) is 9.88 Å². The maximum absolute atomic E-state index is 5.74. The molecule has 0 saturated carbocycles. The Morgan fingerprint density at radius 2 is 1.62 bits per heavy atom. The van der Waals surface area contributed by atoms with Gasteiger partial charge in [0.15, 0.2) is 5.82 Å². The van der Waals surface area contributed by atoms with Crippen LogP contribution in [0.3, 0.4) is 0 Å². The second-order valence-electron chi connectivity index (χ2n) is 11.5. The molecule has 3 atom stereocenters. The first kappa shape index (κ1) is 23.9. The first-order valence-electron chi connectivity index (χ1n) is 14.4. The predicted octanol–water partition coefficient (Wildman–Crippen LogP) is 5.78. The standard InChI is InChI=1S/C33H32N6O/c1-20-3-2-10-34-31(20)33-36-15-25(16-37-33)30-17-38-32-29(30)12-24(14-35-32)23-5-4-21-6-8-26(9-7-22(21)11-23)39-27-13-28(39)19-40-18-27/h2-5,10-12,14-17,26-28H,6-9,13,18-19H2,1H3,(H,35,38)/t26-,27?,28?/m0/s1. The van der Waals surface area contributed by atoms with Gasteiger partial charge in [0.25, 0.3) is 0 Å². The predicted molar refractivity (Wildman–Crippen MR) is 156 cm³/mol. The van der Waals surface area contributed by atoms with E-state index in [2.05, 4.69) is 49.1 Å². The maximum Gasteiger partial charge on any atom is 0.178 e. The number of aromatic amines is 1. The zero-order chi connectivity index (χ0) is 26.6. The highest BCUT2D eigenvalue weighted by atomic mass is 16.5. The minimum absolute atomic E-state index is 0.637. The third-order valence-corrected chi connectivity index (χ3v) is 9.18. The van der Waals surface area contributed by atoms with Crippen molar-refractivity contribution < 1.29 is 4.74 Å². The van der Waals surface area contributed by atoms with E-state index >= 15 is 0 Å².